The normalized spacial score (nSPS) is 26.8. The first-order valence-electron chi connectivity index (χ1n) is 7.33. The maximum Gasteiger partial charge on any atom is 0.147 e. The van der Waals surface area contributed by atoms with Crippen LogP contribution < -0.4 is 0 Å². The average molecular weight is 290 g/mol. The lowest BCUT2D eigenvalue weighted by molar-refractivity contribution is -0.128. The van der Waals surface area contributed by atoms with E-state index >= 15 is 0 Å². The molecule has 22 heavy (non-hydrogen) atoms. The highest BCUT2D eigenvalue weighted by Crippen LogP contribution is 2.47. The number of Topliss-reactive ketones (excluding diaryl/α,β-unsaturated/α-hetero) is 1. The molecule has 1 aliphatic rings. The molecule has 2 nitrogen and oxygen atoms in total. The van der Waals surface area contributed by atoms with Crippen molar-refractivity contribution in [3.05, 3.63) is 96.1 Å². The number of allylic oxidation sites excluding steroid dienone is 2. The molecule has 0 saturated carbocycles. The number of aliphatic hydroxyl groups is 1. The van der Waals surface area contributed by atoms with Crippen LogP contribution in [0.1, 0.15) is 18.1 Å². The number of hydrogen-bond donors (Lipinski definition) is 1. The Kier molecular flexibility index (Phi) is 3.55. The first kappa shape index (κ1) is 14.5. The van der Waals surface area contributed by atoms with Crippen molar-refractivity contribution in [2.24, 2.45) is 0 Å². The van der Waals surface area contributed by atoms with Crippen molar-refractivity contribution in [1.29, 1.82) is 0 Å². The summed E-state index contributed by atoms with van der Waals surface area (Å²) < 4.78 is 0. The first-order chi connectivity index (χ1) is 10.6. The molecule has 2 atom stereocenters. The van der Waals surface area contributed by atoms with Gasteiger partial charge in [-0.1, -0.05) is 78.9 Å². The Labute approximate surface area is 130 Å². The summed E-state index contributed by atoms with van der Waals surface area (Å²) in [6.45, 7) is 1.53. The minimum absolute atomic E-state index is 0.0920. The molecule has 0 aliphatic heterocycles. The van der Waals surface area contributed by atoms with E-state index < -0.39 is 11.0 Å². The second-order valence-electron chi connectivity index (χ2n) is 5.58. The lowest BCUT2D eigenvalue weighted by atomic mass is 9.60. The highest BCUT2D eigenvalue weighted by Gasteiger charge is 2.53. The van der Waals surface area contributed by atoms with Gasteiger partial charge in [-0.25, -0.2) is 0 Å². The molecule has 0 bridgehead atoms. The zero-order valence-electron chi connectivity index (χ0n) is 12.4. The van der Waals surface area contributed by atoms with E-state index in [1.807, 2.05) is 66.7 Å². The third kappa shape index (κ3) is 1.96. The van der Waals surface area contributed by atoms with Crippen LogP contribution >= 0.6 is 0 Å². The summed E-state index contributed by atoms with van der Waals surface area (Å²) in [5.41, 5.74) is -1.04. The van der Waals surface area contributed by atoms with Crippen LogP contribution in [0.2, 0.25) is 0 Å². The molecule has 0 saturated heterocycles. The predicted octanol–water partition coefficient (Wildman–Crippen LogP) is 3.53. The van der Waals surface area contributed by atoms with Gasteiger partial charge >= 0.3 is 0 Å². The number of carbonyl (C=O) groups is 1. The van der Waals surface area contributed by atoms with Crippen LogP contribution in [0, 0.1) is 0 Å². The zero-order valence-corrected chi connectivity index (χ0v) is 12.4. The highest BCUT2D eigenvalue weighted by atomic mass is 16.3. The summed E-state index contributed by atoms with van der Waals surface area (Å²) in [5.74, 6) is -0.0920. The zero-order chi connectivity index (χ0) is 15.6. The molecule has 0 fully saturated rings. The summed E-state index contributed by atoms with van der Waals surface area (Å²) in [6.07, 6.45) is 7.12. The van der Waals surface area contributed by atoms with Gasteiger partial charge in [-0.15, -0.1) is 0 Å². The summed E-state index contributed by atoms with van der Waals surface area (Å²) in [4.78, 5) is 12.7. The topological polar surface area (TPSA) is 37.3 Å². The third-order valence-corrected chi connectivity index (χ3v) is 4.39. The molecule has 0 aromatic heterocycles. The summed E-state index contributed by atoms with van der Waals surface area (Å²) in [6, 6.07) is 18.8. The maximum absolute atomic E-state index is 12.7. The van der Waals surface area contributed by atoms with Gasteiger partial charge in [0.15, 0.2) is 0 Å². The van der Waals surface area contributed by atoms with Crippen molar-refractivity contribution in [2.75, 3.05) is 0 Å². The minimum Gasteiger partial charge on any atom is -0.379 e. The van der Waals surface area contributed by atoms with Gasteiger partial charge in [0, 0.05) is 0 Å². The molecule has 0 radical (unpaired) electrons. The Morgan fingerprint density at radius 1 is 0.818 bits per heavy atom. The molecule has 1 N–H and O–H groups in total. The quantitative estimate of drug-likeness (QED) is 0.939. The molecule has 1 aliphatic carbocycles. The van der Waals surface area contributed by atoms with Gasteiger partial charge in [0.2, 0.25) is 0 Å². The fourth-order valence-corrected chi connectivity index (χ4v) is 3.28. The van der Waals surface area contributed by atoms with Gasteiger partial charge in [0.05, 0.1) is 0 Å². The second kappa shape index (κ2) is 5.39. The first-order valence-corrected chi connectivity index (χ1v) is 7.33. The monoisotopic (exact) mass is 290 g/mol. The van der Waals surface area contributed by atoms with E-state index in [1.54, 1.807) is 18.2 Å². The van der Waals surface area contributed by atoms with Gasteiger partial charge in [0.1, 0.15) is 16.8 Å². The summed E-state index contributed by atoms with van der Waals surface area (Å²) in [5, 5.41) is 11.5. The number of hydrogen-bond acceptors (Lipinski definition) is 2. The summed E-state index contributed by atoms with van der Waals surface area (Å²) >= 11 is 0. The van der Waals surface area contributed by atoms with Gasteiger partial charge in [-0.2, -0.15) is 0 Å². The smallest absolute Gasteiger partial charge is 0.147 e. The van der Waals surface area contributed by atoms with Gasteiger partial charge < -0.3 is 5.11 Å². The predicted molar refractivity (Wildman–Crippen MR) is 87.4 cm³/mol. The number of ketones is 1. The molecule has 2 aromatic rings. The molecule has 0 spiro atoms. The fourth-order valence-electron chi connectivity index (χ4n) is 3.28. The van der Waals surface area contributed by atoms with Crippen molar-refractivity contribution in [1.82, 2.24) is 0 Å². The van der Waals surface area contributed by atoms with Gasteiger partial charge in [-0.05, 0) is 24.1 Å². The molecule has 2 aromatic carbocycles. The Morgan fingerprint density at radius 2 is 1.32 bits per heavy atom. The van der Waals surface area contributed by atoms with E-state index in [2.05, 4.69) is 0 Å². The van der Waals surface area contributed by atoms with E-state index in [-0.39, 0.29) is 5.78 Å². The summed E-state index contributed by atoms with van der Waals surface area (Å²) in [7, 11) is 0. The van der Waals surface area contributed by atoms with Crippen molar-refractivity contribution < 1.29 is 9.90 Å². The van der Waals surface area contributed by atoms with Crippen LogP contribution in [0.4, 0.5) is 0 Å². The Bertz CT molecular complexity index is 731. The van der Waals surface area contributed by atoms with Crippen LogP contribution in [0.3, 0.4) is 0 Å². The van der Waals surface area contributed by atoms with Crippen LogP contribution in [0.15, 0.2) is 85.0 Å². The van der Waals surface area contributed by atoms with E-state index in [4.69, 9.17) is 0 Å². The highest BCUT2D eigenvalue weighted by molar-refractivity contribution is 5.93. The number of rotatable bonds is 3. The Balaban J connectivity index is 2.30. The van der Waals surface area contributed by atoms with Crippen molar-refractivity contribution in [3.8, 4) is 0 Å². The minimum atomic E-state index is -1.41. The Morgan fingerprint density at radius 3 is 1.86 bits per heavy atom. The molecule has 0 heterocycles. The van der Waals surface area contributed by atoms with Crippen LogP contribution in [-0.2, 0) is 15.8 Å². The van der Waals surface area contributed by atoms with E-state index in [0.29, 0.717) is 5.56 Å². The molecule has 2 unspecified atom stereocenters. The van der Waals surface area contributed by atoms with E-state index in [9.17, 15) is 9.90 Å². The third-order valence-electron chi connectivity index (χ3n) is 4.39. The van der Waals surface area contributed by atoms with Crippen molar-refractivity contribution >= 4 is 5.78 Å². The molecule has 110 valence electrons. The van der Waals surface area contributed by atoms with Crippen molar-refractivity contribution in [3.63, 3.8) is 0 Å². The molecule has 3 rings (SSSR count). The standard InChI is InChI=1S/C20H18O2/c1-16(21)19(17-10-4-2-5-11-17)14-8-9-15-20(19,22)18-12-6-3-7-13-18/h2-15,22H,1H3. The maximum atomic E-state index is 12.7. The fraction of sp³-hybridized carbons (Fsp3) is 0.150. The number of benzene rings is 2. The van der Waals surface area contributed by atoms with Gasteiger partial charge in [-0.3, -0.25) is 4.79 Å². The lowest BCUT2D eigenvalue weighted by Crippen LogP contribution is -2.52. The van der Waals surface area contributed by atoms with E-state index in [1.165, 1.54) is 6.92 Å². The van der Waals surface area contributed by atoms with E-state index in [0.717, 1.165) is 5.56 Å². The van der Waals surface area contributed by atoms with Crippen molar-refractivity contribution in [2.45, 2.75) is 17.9 Å². The van der Waals surface area contributed by atoms with Crippen LogP contribution in [-0.4, -0.2) is 10.9 Å². The molecular weight excluding hydrogens is 272 g/mol. The molecule has 2 heteroatoms. The van der Waals surface area contributed by atoms with Gasteiger partial charge in [0.25, 0.3) is 0 Å². The largest absolute Gasteiger partial charge is 0.379 e. The molecular formula is C20H18O2. The Hall–Kier alpha value is -2.45. The van der Waals surface area contributed by atoms with Crippen LogP contribution in [0.25, 0.3) is 0 Å². The lowest BCUT2D eigenvalue weighted by Gasteiger charge is -2.44. The SMILES string of the molecule is CC(=O)C1(c2ccccc2)C=CC=CC1(O)c1ccccc1. The number of carbonyl (C=O) groups excluding carboxylic acids is 1. The molecule has 0 amide bonds. The second-order valence-corrected chi connectivity index (χ2v) is 5.58. The average Bonchev–Trinajstić information content (AvgIpc) is 2.57. The van der Waals surface area contributed by atoms with Crippen LogP contribution in [0.5, 0.6) is 0 Å².